The summed E-state index contributed by atoms with van der Waals surface area (Å²) in [5.41, 5.74) is -0.338. The smallest absolute Gasteiger partial charge is 0.352 e. The van der Waals surface area contributed by atoms with E-state index in [0.717, 1.165) is 12.2 Å². The molecule has 0 aliphatic rings. The van der Waals surface area contributed by atoms with Gasteiger partial charge in [0.15, 0.2) is 0 Å². The van der Waals surface area contributed by atoms with Crippen molar-refractivity contribution >= 4 is 35.9 Å². The number of carboxylic acid groups (broad SMARTS) is 2. The summed E-state index contributed by atoms with van der Waals surface area (Å²) < 4.78 is 5.44. The Balaban J connectivity index is 1.79. The van der Waals surface area contributed by atoms with Crippen LogP contribution in [-0.4, -0.2) is 34.0 Å². The van der Waals surface area contributed by atoms with E-state index < -0.39 is 35.1 Å². The lowest BCUT2D eigenvalue weighted by Gasteiger charge is -2.06. The Hall–Kier alpha value is -4.92. The third-order valence-corrected chi connectivity index (χ3v) is 4.25. The molecule has 166 valence electrons. The predicted molar refractivity (Wildman–Crippen MR) is 118 cm³/mol. The summed E-state index contributed by atoms with van der Waals surface area (Å²) in [6.45, 7) is 0. The van der Waals surface area contributed by atoms with Crippen molar-refractivity contribution in [2.45, 2.75) is 0 Å². The summed E-state index contributed by atoms with van der Waals surface area (Å²) in [5, 5.41) is 23.4. The Morgan fingerprint density at radius 1 is 0.606 bits per heavy atom. The van der Waals surface area contributed by atoms with Gasteiger partial charge in [-0.3, -0.25) is 9.59 Å². The van der Waals surface area contributed by atoms with Crippen molar-refractivity contribution in [1.29, 1.82) is 0 Å². The van der Waals surface area contributed by atoms with Crippen LogP contribution >= 0.6 is 0 Å². The normalized spacial score (nSPS) is 11.5. The van der Waals surface area contributed by atoms with Crippen LogP contribution in [0, 0.1) is 0 Å². The zero-order valence-electron chi connectivity index (χ0n) is 17.0. The molecule has 2 aromatic carbocycles. The summed E-state index contributed by atoms with van der Waals surface area (Å²) in [7, 11) is 0. The van der Waals surface area contributed by atoms with E-state index in [0.29, 0.717) is 0 Å². The number of amides is 2. The maximum atomic E-state index is 12.2. The molecule has 0 fully saturated rings. The number of nitrogens with one attached hydrogen (secondary N) is 2. The molecule has 0 aliphatic carbocycles. The molecule has 0 unspecified atom stereocenters. The molecular weight excluding hydrogens is 428 g/mol. The van der Waals surface area contributed by atoms with Crippen molar-refractivity contribution in [3.8, 4) is 0 Å². The number of furan rings is 1. The lowest BCUT2D eigenvalue weighted by molar-refractivity contribution is -0.133. The Morgan fingerprint density at radius 3 is 1.30 bits per heavy atom. The van der Waals surface area contributed by atoms with Crippen LogP contribution in [0.4, 0.5) is 0 Å². The lowest BCUT2D eigenvalue weighted by Crippen LogP contribution is -2.27. The van der Waals surface area contributed by atoms with Crippen molar-refractivity contribution in [2.24, 2.45) is 0 Å². The fourth-order valence-corrected chi connectivity index (χ4v) is 2.68. The van der Waals surface area contributed by atoms with Crippen molar-refractivity contribution in [3.05, 3.63) is 107 Å². The van der Waals surface area contributed by atoms with E-state index in [9.17, 15) is 29.4 Å². The average Bonchev–Trinajstić information content (AvgIpc) is 3.26. The van der Waals surface area contributed by atoms with Crippen LogP contribution in [-0.2, 0) is 9.59 Å². The van der Waals surface area contributed by atoms with Gasteiger partial charge in [-0.05, 0) is 36.4 Å². The van der Waals surface area contributed by atoms with Crippen LogP contribution in [0.1, 0.15) is 32.2 Å². The molecule has 0 atom stereocenters. The number of carboxylic acids is 2. The van der Waals surface area contributed by atoms with E-state index in [1.165, 1.54) is 36.4 Å². The average molecular weight is 446 g/mol. The molecule has 0 aliphatic heterocycles. The second-order valence-electron chi connectivity index (χ2n) is 6.61. The van der Waals surface area contributed by atoms with Gasteiger partial charge in [0.2, 0.25) is 0 Å². The fraction of sp³-hybridized carbons (Fsp3) is 0. The summed E-state index contributed by atoms with van der Waals surface area (Å²) in [6.07, 6.45) is 2.17. The van der Waals surface area contributed by atoms with Crippen molar-refractivity contribution in [2.75, 3.05) is 0 Å². The summed E-state index contributed by atoms with van der Waals surface area (Å²) in [4.78, 5) is 47.5. The molecule has 9 heteroatoms. The topological polar surface area (TPSA) is 146 Å². The molecule has 3 aromatic rings. The first-order valence-electron chi connectivity index (χ1n) is 9.56. The van der Waals surface area contributed by atoms with Crippen molar-refractivity contribution < 1.29 is 33.8 Å². The van der Waals surface area contributed by atoms with Gasteiger partial charge in [-0.15, -0.1) is 0 Å². The van der Waals surface area contributed by atoms with Crippen LogP contribution in [0.5, 0.6) is 0 Å². The maximum absolute atomic E-state index is 12.2. The monoisotopic (exact) mass is 446 g/mol. The third-order valence-electron chi connectivity index (χ3n) is 4.25. The SMILES string of the molecule is O=C(O)/C(=C\c1ccc(/C=C(/NC(=O)c2ccccc2)C(=O)O)o1)NC(=O)c1ccccc1. The molecule has 4 N–H and O–H groups in total. The highest BCUT2D eigenvalue weighted by molar-refractivity contribution is 6.03. The maximum Gasteiger partial charge on any atom is 0.352 e. The number of carbonyl (C=O) groups excluding carboxylic acids is 2. The molecule has 3 rings (SSSR count). The number of hydrogen-bond donors (Lipinski definition) is 4. The number of carbonyl (C=O) groups is 4. The molecule has 9 nitrogen and oxygen atoms in total. The zero-order chi connectivity index (χ0) is 23.8. The van der Waals surface area contributed by atoms with Gasteiger partial charge in [0.05, 0.1) is 0 Å². The van der Waals surface area contributed by atoms with Crippen LogP contribution in [0.2, 0.25) is 0 Å². The fourth-order valence-electron chi connectivity index (χ4n) is 2.68. The highest BCUT2D eigenvalue weighted by atomic mass is 16.4. The van der Waals surface area contributed by atoms with Gasteiger partial charge in [0, 0.05) is 23.3 Å². The summed E-state index contributed by atoms with van der Waals surface area (Å²) in [5.74, 6) is -3.93. The first-order valence-corrected chi connectivity index (χ1v) is 9.56. The Kier molecular flexibility index (Phi) is 7.17. The highest BCUT2D eigenvalue weighted by Crippen LogP contribution is 2.15. The van der Waals surface area contributed by atoms with E-state index in [1.807, 2.05) is 0 Å². The van der Waals surface area contributed by atoms with Gasteiger partial charge in [0.1, 0.15) is 22.9 Å². The first kappa shape index (κ1) is 22.8. The molecule has 33 heavy (non-hydrogen) atoms. The minimum atomic E-state index is -1.39. The van der Waals surface area contributed by atoms with Gasteiger partial charge in [-0.1, -0.05) is 36.4 Å². The molecule has 2 amide bonds. The lowest BCUT2D eigenvalue weighted by atomic mass is 10.2. The van der Waals surface area contributed by atoms with E-state index in [2.05, 4.69) is 10.6 Å². The Labute approximate surface area is 187 Å². The summed E-state index contributed by atoms with van der Waals surface area (Å²) >= 11 is 0. The van der Waals surface area contributed by atoms with Crippen LogP contribution in [0.15, 0.2) is 88.6 Å². The molecule has 0 bridgehead atoms. The van der Waals surface area contributed by atoms with Gasteiger partial charge in [-0.25, -0.2) is 9.59 Å². The minimum absolute atomic E-state index is 0.0473. The highest BCUT2D eigenvalue weighted by Gasteiger charge is 2.16. The number of rotatable bonds is 8. The number of benzene rings is 2. The van der Waals surface area contributed by atoms with E-state index >= 15 is 0 Å². The molecule has 0 spiro atoms. The Morgan fingerprint density at radius 2 is 0.970 bits per heavy atom. The van der Waals surface area contributed by atoms with E-state index in [-0.39, 0.29) is 22.6 Å². The molecule has 1 aromatic heterocycles. The Bertz CT molecular complexity index is 1150. The second-order valence-corrected chi connectivity index (χ2v) is 6.61. The van der Waals surface area contributed by atoms with E-state index in [1.54, 1.807) is 36.4 Å². The van der Waals surface area contributed by atoms with E-state index in [4.69, 9.17) is 4.42 Å². The molecule has 0 radical (unpaired) electrons. The molecule has 0 saturated heterocycles. The first-order chi connectivity index (χ1) is 15.8. The number of hydrogen-bond acceptors (Lipinski definition) is 5. The van der Waals surface area contributed by atoms with Crippen molar-refractivity contribution in [3.63, 3.8) is 0 Å². The largest absolute Gasteiger partial charge is 0.477 e. The van der Waals surface area contributed by atoms with Gasteiger partial charge in [0.25, 0.3) is 11.8 Å². The van der Waals surface area contributed by atoms with Crippen LogP contribution < -0.4 is 10.6 Å². The molecule has 1 heterocycles. The van der Waals surface area contributed by atoms with Gasteiger partial charge >= 0.3 is 11.9 Å². The number of aliphatic carboxylic acids is 2. The minimum Gasteiger partial charge on any atom is -0.477 e. The van der Waals surface area contributed by atoms with Gasteiger partial charge in [-0.2, -0.15) is 0 Å². The zero-order valence-corrected chi connectivity index (χ0v) is 17.0. The quantitative estimate of drug-likeness (QED) is 0.389. The second kappa shape index (κ2) is 10.4. The third kappa shape index (κ3) is 6.28. The summed E-state index contributed by atoms with van der Waals surface area (Å²) in [6, 6.07) is 18.9. The molecule has 0 saturated carbocycles. The standard InChI is InChI=1S/C24H18N2O7/c27-21(15-7-3-1-4-8-15)25-19(23(29)30)13-17-11-12-18(33-17)14-20(24(31)32)26-22(28)16-9-5-2-6-10-16/h1-14H,(H,25,27)(H,26,28)(H,29,30)(H,31,32)/b19-13+,20-14+. The van der Waals surface area contributed by atoms with Crippen LogP contribution in [0.25, 0.3) is 12.2 Å². The van der Waals surface area contributed by atoms with Crippen LogP contribution in [0.3, 0.4) is 0 Å². The molecular formula is C24H18N2O7. The van der Waals surface area contributed by atoms with Crippen molar-refractivity contribution in [1.82, 2.24) is 10.6 Å². The predicted octanol–water partition coefficient (Wildman–Crippen LogP) is 2.99. The van der Waals surface area contributed by atoms with Gasteiger partial charge < -0.3 is 25.3 Å².